The van der Waals surface area contributed by atoms with Gasteiger partial charge in [-0.1, -0.05) is 12.1 Å². The Labute approximate surface area is 116 Å². The van der Waals surface area contributed by atoms with Crippen LogP contribution in [-0.4, -0.2) is 29.9 Å². The summed E-state index contributed by atoms with van der Waals surface area (Å²) in [6, 6.07) is 8.31. The van der Waals surface area contributed by atoms with E-state index in [1.807, 2.05) is 25.1 Å². The number of nitrogens with two attached hydrogens (primary N) is 1. The van der Waals surface area contributed by atoms with E-state index < -0.39 is 0 Å². The maximum atomic E-state index is 11.5. The number of nitrogens with one attached hydrogen (secondary N) is 1. The van der Waals surface area contributed by atoms with Gasteiger partial charge in [0.25, 0.3) is 0 Å². The molecule has 4 nitrogen and oxygen atoms in total. The van der Waals surface area contributed by atoms with Crippen LogP contribution < -0.4 is 11.1 Å². The van der Waals surface area contributed by atoms with Crippen LogP contribution in [0.1, 0.15) is 32.8 Å². The van der Waals surface area contributed by atoms with Crippen molar-refractivity contribution in [2.45, 2.75) is 39.8 Å². The average Bonchev–Trinajstić information content (AvgIpc) is 2.34. The number of anilines is 1. The summed E-state index contributed by atoms with van der Waals surface area (Å²) in [7, 11) is 0. The van der Waals surface area contributed by atoms with Gasteiger partial charge in [-0.25, -0.2) is 0 Å². The quantitative estimate of drug-likeness (QED) is 0.740. The van der Waals surface area contributed by atoms with Crippen molar-refractivity contribution in [3.63, 3.8) is 0 Å². The molecule has 0 saturated heterocycles. The van der Waals surface area contributed by atoms with Gasteiger partial charge in [-0.3, -0.25) is 9.69 Å². The van der Waals surface area contributed by atoms with Crippen LogP contribution in [-0.2, 0) is 11.3 Å². The molecular weight excluding hydrogens is 238 g/mol. The Balaban J connectivity index is 2.56. The van der Waals surface area contributed by atoms with Crippen molar-refractivity contribution in [1.29, 1.82) is 0 Å². The number of rotatable bonds is 7. The van der Waals surface area contributed by atoms with Crippen molar-refractivity contribution in [2.24, 2.45) is 0 Å². The highest BCUT2D eigenvalue weighted by Gasteiger charge is 2.12. The van der Waals surface area contributed by atoms with Crippen LogP contribution in [0.15, 0.2) is 24.3 Å². The lowest BCUT2D eigenvalue weighted by Gasteiger charge is -2.26. The Morgan fingerprint density at radius 3 is 2.74 bits per heavy atom. The fraction of sp³-hybridized carbons (Fsp3) is 0.533. The first-order chi connectivity index (χ1) is 9.02. The smallest absolute Gasteiger partial charge is 0.221 e. The molecule has 1 amide bonds. The van der Waals surface area contributed by atoms with E-state index in [9.17, 15) is 4.79 Å². The van der Waals surface area contributed by atoms with Gasteiger partial charge in [0.2, 0.25) is 5.91 Å². The molecule has 0 spiro atoms. The fourth-order valence-electron chi connectivity index (χ4n) is 1.98. The summed E-state index contributed by atoms with van der Waals surface area (Å²) in [5.41, 5.74) is 7.76. The van der Waals surface area contributed by atoms with Crippen molar-refractivity contribution >= 4 is 11.6 Å². The SMILES string of the molecule is CCNC(=O)CCN(Cc1cccc(N)c1)C(C)C. The molecule has 0 saturated carbocycles. The van der Waals surface area contributed by atoms with E-state index in [1.165, 1.54) is 5.56 Å². The standard InChI is InChI=1S/C15H25N3O/c1-4-17-15(19)8-9-18(12(2)3)11-13-6-5-7-14(16)10-13/h5-7,10,12H,4,8-9,11,16H2,1-3H3,(H,17,19). The van der Waals surface area contributed by atoms with Crippen molar-refractivity contribution in [3.05, 3.63) is 29.8 Å². The van der Waals surface area contributed by atoms with E-state index in [1.54, 1.807) is 0 Å². The normalized spacial score (nSPS) is 11.0. The minimum Gasteiger partial charge on any atom is -0.399 e. The third-order valence-electron chi connectivity index (χ3n) is 3.07. The number of nitrogens with zero attached hydrogens (tertiary/aromatic N) is 1. The zero-order valence-corrected chi connectivity index (χ0v) is 12.1. The monoisotopic (exact) mass is 263 g/mol. The van der Waals surface area contributed by atoms with Crippen LogP contribution in [0.25, 0.3) is 0 Å². The summed E-state index contributed by atoms with van der Waals surface area (Å²) in [5.74, 6) is 0.112. The third-order valence-corrected chi connectivity index (χ3v) is 3.07. The van der Waals surface area contributed by atoms with Crippen molar-refractivity contribution < 1.29 is 4.79 Å². The third kappa shape index (κ3) is 5.75. The lowest BCUT2D eigenvalue weighted by atomic mass is 10.1. The molecule has 1 rings (SSSR count). The molecule has 0 aliphatic carbocycles. The first-order valence-electron chi connectivity index (χ1n) is 6.88. The van der Waals surface area contributed by atoms with Crippen LogP contribution >= 0.6 is 0 Å². The maximum Gasteiger partial charge on any atom is 0.221 e. The number of hydrogen-bond acceptors (Lipinski definition) is 3. The van der Waals surface area contributed by atoms with Gasteiger partial charge >= 0.3 is 0 Å². The first kappa shape index (κ1) is 15.5. The topological polar surface area (TPSA) is 58.4 Å². The maximum absolute atomic E-state index is 11.5. The van der Waals surface area contributed by atoms with Gasteiger partial charge in [-0.15, -0.1) is 0 Å². The molecule has 19 heavy (non-hydrogen) atoms. The Hall–Kier alpha value is -1.55. The van der Waals surface area contributed by atoms with Crippen LogP contribution in [0.2, 0.25) is 0 Å². The molecule has 1 aromatic carbocycles. The molecule has 0 aliphatic heterocycles. The van der Waals surface area contributed by atoms with Crippen LogP contribution in [0, 0.1) is 0 Å². The van der Waals surface area contributed by atoms with E-state index in [-0.39, 0.29) is 5.91 Å². The average molecular weight is 263 g/mol. The van der Waals surface area contributed by atoms with Gasteiger partial charge in [-0.05, 0) is 38.5 Å². The molecule has 0 unspecified atom stereocenters. The lowest BCUT2D eigenvalue weighted by Crippen LogP contribution is -2.34. The van der Waals surface area contributed by atoms with Crippen LogP contribution in [0.3, 0.4) is 0 Å². The van der Waals surface area contributed by atoms with E-state index in [2.05, 4.69) is 30.1 Å². The number of nitrogen functional groups attached to an aromatic ring is 1. The van der Waals surface area contributed by atoms with Gasteiger partial charge in [0, 0.05) is 37.8 Å². The second kappa shape index (κ2) is 7.79. The Morgan fingerprint density at radius 1 is 1.42 bits per heavy atom. The highest BCUT2D eigenvalue weighted by atomic mass is 16.1. The zero-order valence-electron chi connectivity index (χ0n) is 12.1. The van der Waals surface area contributed by atoms with Crippen molar-refractivity contribution in [2.75, 3.05) is 18.8 Å². The molecule has 1 aromatic rings. The molecule has 4 heteroatoms. The van der Waals surface area contributed by atoms with Gasteiger partial charge in [0.15, 0.2) is 0 Å². The largest absolute Gasteiger partial charge is 0.399 e. The highest BCUT2D eigenvalue weighted by Crippen LogP contribution is 2.12. The summed E-state index contributed by atoms with van der Waals surface area (Å²) >= 11 is 0. The minimum absolute atomic E-state index is 0.112. The molecule has 0 aliphatic rings. The van der Waals surface area contributed by atoms with Gasteiger partial charge in [0.1, 0.15) is 0 Å². The predicted octanol–water partition coefficient (Wildman–Crippen LogP) is 2.01. The number of carbonyl (C=O) groups excluding carboxylic acids is 1. The molecule has 106 valence electrons. The molecular formula is C15H25N3O. The lowest BCUT2D eigenvalue weighted by molar-refractivity contribution is -0.121. The minimum atomic E-state index is 0.112. The molecule has 0 aromatic heterocycles. The molecule has 0 atom stereocenters. The summed E-state index contributed by atoms with van der Waals surface area (Å²) < 4.78 is 0. The Morgan fingerprint density at radius 2 is 2.16 bits per heavy atom. The summed E-state index contributed by atoms with van der Waals surface area (Å²) in [6.07, 6.45) is 0.536. The molecule has 0 radical (unpaired) electrons. The summed E-state index contributed by atoms with van der Waals surface area (Å²) in [4.78, 5) is 13.8. The van der Waals surface area contributed by atoms with Gasteiger partial charge in [-0.2, -0.15) is 0 Å². The van der Waals surface area contributed by atoms with E-state index in [0.29, 0.717) is 19.0 Å². The molecule has 3 N–H and O–H groups in total. The van der Waals surface area contributed by atoms with Crippen molar-refractivity contribution in [3.8, 4) is 0 Å². The number of amides is 1. The van der Waals surface area contributed by atoms with Gasteiger partial charge < -0.3 is 11.1 Å². The van der Waals surface area contributed by atoms with Crippen LogP contribution in [0.5, 0.6) is 0 Å². The molecule has 0 bridgehead atoms. The fourth-order valence-corrected chi connectivity index (χ4v) is 1.98. The number of benzene rings is 1. The van der Waals surface area contributed by atoms with E-state index in [0.717, 1.165) is 18.8 Å². The zero-order chi connectivity index (χ0) is 14.3. The highest BCUT2D eigenvalue weighted by molar-refractivity contribution is 5.75. The molecule has 0 heterocycles. The van der Waals surface area contributed by atoms with Crippen LogP contribution in [0.4, 0.5) is 5.69 Å². The second-order valence-corrected chi connectivity index (χ2v) is 5.01. The number of carbonyl (C=O) groups is 1. The molecule has 0 fully saturated rings. The second-order valence-electron chi connectivity index (χ2n) is 5.01. The van der Waals surface area contributed by atoms with E-state index >= 15 is 0 Å². The first-order valence-corrected chi connectivity index (χ1v) is 6.88. The number of hydrogen-bond donors (Lipinski definition) is 2. The van der Waals surface area contributed by atoms with Gasteiger partial charge in [0.05, 0.1) is 0 Å². The summed E-state index contributed by atoms with van der Waals surface area (Å²) in [5, 5.41) is 2.83. The Bertz CT molecular complexity index is 404. The van der Waals surface area contributed by atoms with E-state index in [4.69, 9.17) is 5.73 Å². The predicted molar refractivity (Wildman–Crippen MR) is 79.7 cm³/mol. The Kier molecular flexibility index (Phi) is 6.36. The van der Waals surface area contributed by atoms with Crippen molar-refractivity contribution in [1.82, 2.24) is 10.2 Å². The summed E-state index contributed by atoms with van der Waals surface area (Å²) in [6.45, 7) is 8.50.